The molecule has 0 atom stereocenters. The van der Waals surface area contributed by atoms with Gasteiger partial charge in [0.15, 0.2) is 0 Å². The number of nitrogens with zero attached hydrogens (tertiary/aromatic N) is 1. The number of thioether (sulfide) groups is 1. The summed E-state index contributed by atoms with van der Waals surface area (Å²) in [4.78, 5) is 6.55. The lowest BCUT2D eigenvalue weighted by Crippen LogP contribution is -1.93. The van der Waals surface area contributed by atoms with Crippen LogP contribution in [0, 0.1) is 5.82 Å². The molecule has 0 aliphatic rings. The zero-order valence-electron chi connectivity index (χ0n) is 12.5. The molecule has 0 fully saturated rings. The minimum Gasteiger partial charge on any atom is -0.325 e. The summed E-state index contributed by atoms with van der Waals surface area (Å²) in [6, 6.07) is 13.0. The lowest BCUT2D eigenvalue weighted by molar-refractivity contribution is 0.628. The number of rotatable bonds is 5. The summed E-state index contributed by atoms with van der Waals surface area (Å²) in [6.45, 7) is 0.463. The number of hydrogen-bond acceptors (Lipinski definition) is 5. The molecular weight excluding hydrogens is 347 g/mol. The lowest BCUT2D eigenvalue weighted by atomic mass is 10.1. The zero-order chi connectivity index (χ0) is 16.2. The molecule has 2 N–H and O–H groups in total. The second-order valence-electron chi connectivity index (χ2n) is 4.79. The van der Waals surface area contributed by atoms with E-state index in [-0.39, 0.29) is 5.82 Å². The first-order valence-corrected chi connectivity index (χ1v) is 9.81. The van der Waals surface area contributed by atoms with Crippen LogP contribution in [0.1, 0.15) is 5.01 Å². The largest absolute Gasteiger partial charge is 0.325 e. The number of benzene rings is 2. The minimum atomic E-state index is -0.221. The van der Waals surface area contributed by atoms with E-state index in [1.807, 2.05) is 18.5 Å². The summed E-state index contributed by atoms with van der Waals surface area (Å²) < 4.78 is 14.6. The van der Waals surface area contributed by atoms with E-state index in [2.05, 4.69) is 23.2 Å². The first-order valence-electron chi connectivity index (χ1n) is 6.95. The second kappa shape index (κ2) is 7.49. The highest BCUT2D eigenvalue weighted by atomic mass is 32.2. The van der Waals surface area contributed by atoms with E-state index < -0.39 is 0 Å². The van der Waals surface area contributed by atoms with Gasteiger partial charge in [0, 0.05) is 16.3 Å². The van der Waals surface area contributed by atoms with E-state index in [9.17, 15) is 4.39 Å². The van der Waals surface area contributed by atoms with Gasteiger partial charge in [-0.1, -0.05) is 23.9 Å². The molecule has 0 bridgehead atoms. The second-order valence-corrected chi connectivity index (χ2v) is 8.16. The van der Waals surface area contributed by atoms with Gasteiger partial charge in [-0.15, -0.1) is 23.1 Å². The van der Waals surface area contributed by atoms with Crippen LogP contribution >= 0.6 is 34.9 Å². The number of aromatic nitrogens is 1. The van der Waals surface area contributed by atoms with Crippen LogP contribution < -0.4 is 5.73 Å². The fourth-order valence-electron chi connectivity index (χ4n) is 2.13. The monoisotopic (exact) mass is 362 g/mol. The molecule has 1 heterocycles. The fourth-order valence-corrected chi connectivity index (χ4v) is 4.68. The van der Waals surface area contributed by atoms with Crippen LogP contribution in [0.5, 0.6) is 0 Å². The van der Waals surface area contributed by atoms with Crippen LogP contribution in [0.15, 0.2) is 62.7 Å². The maximum atomic E-state index is 13.5. The molecule has 1 aromatic heterocycles. The Morgan fingerprint density at radius 3 is 2.65 bits per heavy atom. The van der Waals surface area contributed by atoms with E-state index in [1.54, 1.807) is 47.0 Å². The van der Waals surface area contributed by atoms with Gasteiger partial charge in [0.25, 0.3) is 0 Å². The highest BCUT2D eigenvalue weighted by Crippen LogP contribution is 2.37. The Kier molecular flexibility index (Phi) is 5.38. The maximum absolute atomic E-state index is 13.5. The van der Waals surface area contributed by atoms with Gasteiger partial charge in [-0.2, -0.15) is 0 Å². The van der Waals surface area contributed by atoms with Crippen molar-refractivity contribution in [1.82, 2.24) is 4.98 Å². The number of nitrogens with two attached hydrogens (primary N) is 1. The predicted octanol–water partition coefficient (Wildman–Crippen LogP) is 5.28. The van der Waals surface area contributed by atoms with E-state index >= 15 is 0 Å². The van der Waals surface area contributed by atoms with Crippen LogP contribution in [0.4, 0.5) is 4.39 Å². The van der Waals surface area contributed by atoms with E-state index in [1.165, 1.54) is 6.07 Å². The van der Waals surface area contributed by atoms with Gasteiger partial charge >= 0.3 is 0 Å². The predicted molar refractivity (Wildman–Crippen MR) is 97.7 cm³/mol. The molecule has 0 saturated heterocycles. The normalized spacial score (nSPS) is 10.9. The van der Waals surface area contributed by atoms with Gasteiger partial charge < -0.3 is 5.73 Å². The van der Waals surface area contributed by atoms with Crippen LogP contribution in [0.2, 0.25) is 0 Å². The smallest absolute Gasteiger partial charge is 0.123 e. The highest BCUT2D eigenvalue weighted by Gasteiger charge is 2.08. The SMILES string of the molecule is CSc1cc(Sc2cnc(CN)s2)cc(-c2cccc(F)c2)c1. The molecule has 3 rings (SSSR count). The summed E-state index contributed by atoms with van der Waals surface area (Å²) >= 11 is 4.94. The highest BCUT2D eigenvalue weighted by molar-refractivity contribution is 8.01. The van der Waals surface area contributed by atoms with Gasteiger partial charge in [0.05, 0.1) is 10.4 Å². The van der Waals surface area contributed by atoms with Crippen molar-refractivity contribution in [1.29, 1.82) is 0 Å². The summed E-state index contributed by atoms with van der Waals surface area (Å²) in [5.74, 6) is -0.221. The molecule has 0 saturated carbocycles. The Balaban J connectivity index is 1.95. The molecule has 0 amide bonds. The third-order valence-corrected chi connectivity index (χ3v) is 6.00. The van der Waals surface area contributed by atoms with E-state index in [0.29, 0.717) is 6.54 Å². The van der Waals surface area contributed by atoms with Gasteiger partial charge in [0.1, 0.15) is 10.8 Å². The quantitative estimate of drug-likeness (QED) is 0.627. The molecular formula is C17H15FN2S3. The van der Waals surface area contributed by atoms with E-state index in [0.717, 1.165) is 30.1 Å². The van der Waals surface area contributed by atoms with Crippen LogP contribution in [0.3, 0.4) is 0 Å². The first kappa shape index (κ1) is 16.5. The molecule has 0 spiro atoms. The van der Waals surface area contributed by atoms with Crippen LogP contribution in [0.25, 0.3) is 11.1 Å². The molecule has 2 nitrogen and oxygen atoms in total. The third kappa shape index (κ3) is 4.14. The molecule has 0 radical (unpaired) electrons. The van der Waals surface area contributed by atoms with Gasteiger partial charge in [-0.05, 0) is 47.7 Å². The minimum absolute atomic E-state index is 0.221. The Morgan fingerprint density at radius 2 is 1.96 bits per heavy atom. The molecule has 118 valence electrons. The topological polar surface area (TPSA) is 38.9 Å². The molecule has 0 unspecified atom stereocenters. The Morgan fingerprint density at radius 1 is 1.13 bits per heavy atom. The van der Waals surface area contributed by atoms with Crippen molar-refractivity contribution in [2.75, 3.05) is 6.26 Å². The zero-order valence-corrected chi connectivity index (χ0v) is 14.9. The average Bonchev–Trinajstić information content (AvgIpc) is 3.02. The summed E-state index contributed by atoms with van der Waals surface area (Å²) in [5, 5.41) is 0.930. The van der Waals surface area contributed by atoms with Crippen molar-refractivity contribution in [2.24, 2.45) is 5.73 Å². The van der Waals surface area contributed by atoms with Crippen molar-refractivity contribution in [3.63, 3.8) is 0 Å². The molecule has 0 aliphatic heterocycles. The van der Waals surface area contributed by atoms with Crippen molar-refractivity contribution in [3.05, 3.63) is 59.5 Å². The molecule has 2 aromatic carbocycles. The molecule has 23 heavy (non-hydrogen) atoms. The van der Waals surface area contributed by atoms with Crippen molar-refractivity contribution in [2.45, 2.75) is 20.5 Å². The summed E-state index contributed by atoms with van der Waals surface area (Å²) in [5.41, 5.74) is 7.52. The molecule has 6 heteroatoms. The van der Waals surface area contributed by atoms with Crippen LogP contribution in [-0.4, -0.2) is 11.2 Å². The summed E-state index contributed by atoms with van der Waals surface area (Å²) in [7, 11) is 0. The van der Waals surface area contributed by atoms with Gasteiger partial charge in [-0.25, -0.2) is 9.37 Å². The standard InChI is InChI=1S/C17H15FN2S3/c1-21-14-6-12(11-3-2-4-13(18)5-11)7-15(8-14)22-17-10-20-16(9-19)23-17/h2-8,10H,9,19H2,1H3. The number of halogens is 1. The third-order valence-electron chi connectivity index (χ3n) is 3.20. The van der Waals surface area contributed by atoms with Crippen LogP contribution in [-0.2, 0) is 6.54 Å². The number of hydrogen-bond donors (Lipinski definition) is 1. The fraction of sp³-hybridized carbons (Fsp3) is 0.118. The average molecular weight is 363 g/mol. The van der Waals surface area contributed by atoms with Crippen molar-refractivity contribution < 1.29 is 4.39 Å². The maximum Gasteiger partial charge on any atom is 0.123 e. The van der Waals surface area contributed by atoms with E-state index in [4.69, 9.17) is 5.73 Å². The van der Waals surface area contributed by atoms with Crippen molar-refractivity contribution >= 4 is 34.9 Å². The molecule has 3 aromatic rings. The molecule has 0 aliphatic carbocycles. The summed E-state index contributed by atoms with van der Waals surface area (Å²) in [6.07, 6.45) is 3.89. The van der Waals surface area contributed by atoms with Gasteiger partial charge in [0.2, 0.25) is 0 Å². The Hall–Kier alpha value is -1.34. The van der Waals surface area contributed by atoms with Crippen molar-refractivity contribution in [3.8, 4) is 11.1 Å². The Bertz CT molecular complexity index is 817. The lowest BCUT2D eigenvalue weighted by Gasteiger charge is -2.08. The first-order chi connectivity index (χ1) is 11.2. The Labute approximate surface area is 147 Å². The number of thiazole rings is 1. The van der Waals surface area contributed by atoms with Gasteiger partial charge in [-0.3, -0.25) is 0 Å².